The second-order valence-corrected chi connectivity index (χ2v) is 5.81. The number of rotatable bonds is 5. The second kappa shape index (κ2) is 6.13. The third-order valence-corrected chi connectivity index (χ3v) is 4.34. The topological polar surface area (TPSA) is 60.5 Å². The molecular weight excluding hydrogens is 288 g/mol. The van der Waals surface area contributed by atoms with Gasteiger partial charge in [-0.05, 0) is 31.4 Å². The maximum Gasteiger partial charge on any atom is 0.264 e. The van der Waals surface area contributed by atoms with Crippen molar-refractivity contribution < 1.29 is 14.3 Å². The van der Waals surface area contributed by atoms with Crippen LogP contribution in [-0.4, -0.2) is 24.6 Å². The van der Waals surface area contributed by atoms with E-state index >= 15 is 0 Å². The third kappa shape index (κ3) is 3.16. The molecule has 0 saturated carbocycles. The SMILES string of the molecule is COc1ccccc1OCC(=O)Nc1nc2c(s1)CCC2. The van der Waals surface area contributed by atoms with Gasteiger partial charge in [-0.1, -0.05) is 12.1 Å². The van der Waals surface area contributed by atoms with E-state index < -0.39 is 0 Å². The minimum absolute atomic E-state index is 0.0649. The van der Waals surface area contributed by atoms with Crippen LogP contribution in [0.2, 0.25) is 0 Å². The highest BCUT2D eigenvalue weighted by Crippen LogP contribution is 2.30. The number of hydrogen-bond donors (Lipinski definition) is 1. The summed E-state index contributed by atoms with van der Waals surface area (Å²) in [6, 6.07) is 7.24. The smallest absolute Gasteiger partial charge is 0.264 e. The van der Waals surface area contributed by atoms with Gasteiger partial charge in [0.15, 0.2) is 23.2 Å². The standard InChI is InChI=1S/C15H16N2O3S/c1-19-11-6-2-3-7-12(11)20-9-14(18)17-15-16-10-5-4-8-13(10)21-15/h2-3,6-7H,4-5,8-9H2,1H3,(H,16,17,18). The summed E-state index contributed by atoms with van der Waals surface area (Å²) < 4.78 is 10.6. The lowest BCUT2D eigenvalue weighted by atomic mass is 10.3. The van der Waals surface area contributed by atoms with Crippen molar-refractivity contribution in [2.75, 3.05) is 19.0 Å². The van der Waals surface area contributed by atoms with E-state index in [0.717, 1.165) is 18.5 Å². The minimum Gasteiger partial charge on any atom is -0.493 e. The Bertz CT molecular complexity index is 633. The second-order valence-electron chi connectivity index (χ2n) is 4.73. The van der Waals surface area contributed by atoms with Crippen molar-refractivity contribution in [3.63, 3.8) is 0 Å². The Morgan fingerprint density at radius 3 is 2.90 bits per heavy atom. The number of hydrogen-bond acceptors (Lipinski definition) is 5. The van der Waals surface area contributed by atoms with Gasteiger partial charge in [0.2, 0.25) is 0 Å². The summed E-state index contributed by atoms with van der Waals surface area (Å²) >= 11 is 1.56. The molecule has 2 aromatic rings. The van der Waals surface area contributed by atoms with Crippen LogP contribution in [0.4, 0.5) is 5.13 Å². The van der Waals surface area contributed by atoms with E-state index in [1.807, 2.05) is 12.1 Å². The number of aromatic nitrogens is 1. The van der Waals surface area contributed by atoms with Crippen LogP contribution in [0, 0.1) is 0 Å². The number of ether oxygens (including phenoxy) is 2. The van der Waals surface area contributed by atoms with Crippen LogP contribution in [0.5, 0.6) is 11.5 Å². The number of fused-ring (bicyclic) bond motifs is 1. The molecule has 0 bridgehead atoms. The molecule has 0 fully saturated rings. The maximum absolute atomic E-state index is 11.9. The van der Waals surface area contributed by atoms with Crippen LogP contribution >= 0.6 is 11.3 Å². The van der Waals surface area contributed by atoms with Gasteiger partial charge in [0, 0.05) is 4.88 Å². The summed E-state index contributed by atoms with van der Waals surface area (Å²) in [5.74, 6) is 0.948. The molecule has 21 heavy (non-hydrogen) atoms. The van der Waals surface area contributed by atoms with Gasteiger partial charge >= 0.3 is 0 Å². The van der Waals surface area contributed by atoms with Gasteiger partial charge in [0.1, 0.15) is 0 Å². The number of aryl methyl sites for hydroxylation is 2. The summed E-state index contributed by atoms with van der Waals surface area (Å²) in [5, 5.41) is 3.44. The molecule has 0 atom stereocenters. The summed E-state index contributed by atoms with van der Waals surface area (Å²) in [4.78, 5) is 17.6. The lowest BCUT2D eigenvalue weighted by Gasteiger charge is -2.09. The highest BCUT2D eigenvalue weighted by molar-refractivity contribution is 7.15. The zero-order chi connectivity index (χ0) is 14.7. The molecule has 0 aliphatic heterocycles. The minimum atomic E-state index is -0.215. The van der Waals surface area contributed by atoms with Gasteiger partial charge in [-0.2, -0.15) is 0 Å². The molecule has 1 aromatic carbocycles. The summed E-state index contributed by atoms with van der Waals surface area (Å²) in [6.45, 7) is -0.0649. The highest BCUT2D eigenvalue weighted by atomic mass is 32.1. The van der Waals surface area contributed by atoms with E-state index in [1.54, 1.807) is 30.6 Å². The zero-order valence-electron chi connectivity index (χ0n) is 11.7. The molecule has 1 N–H and O–H groups in total. The number of carbonyl (C=O) groups is 1. The molecular formula is C15H16N2O3S. The van der Waals surface area contributed by atoms with Crippen LogP contribution in [0.25, 0.3) is 0 Å². The Morgan fingerprint density at radius 1 is 1.33 bits per heavy atom. The lowest BCUT2D eigenvalue weighted by molar-refractivity contribution is -0.118. The molecule has 1 aliphatic carbocycles. The van der Waals surface area contributed by atoms with Gasteiger partial charge in [-0.15, -0.1) is 11.3 Å². The molecule has 6 heteroatoms. The molecule has 3 rings (SSSR count). The predicted octanol–water partition coefficient (Wildman–Crippen LogP) is 2.66. The van der Waals surface area contributed by atoms with Gasteiger partial charge in [-0.25, -0.2) is 4.98 Å². The van der Waals surface area contributed by atoms with Crippen molar-refractivity contribution in [2.45, 2.75) is 19.3 Å². The quantitative estimate of drug-likeness (QED) is 0.922. The van der Waals surface area contributed by atoms with Gasteiger partial charge in [0.05, 0.1) is 12.8 Å². The van der Waals surface area contributed by atoms with Gasteiger partial charge < -0.3 is 9.47 Å². The molecule has 0 saturated heterocycles. The predicted molar refractivity (Wildman–Crippen MR) is 81.3 cm³/mol. The lowest BCUT2D eigenvalue weighted by Crippen LogP contribution is -2.20. The Balaban J connectivity index is 1.56. The maximum atomic E-state index is 11.9. The number of amides is 1. The Hall–Kier alpha value is -2.08. The molecule has 1 aromatic heterocycles. The summed E-state index contributed by atoms with van der Waals surface area (Å²) in [6.07, 6.45) is 3.25. The van der Waals surface area contributed by atoms with Crippen LogP contribution in [0.1, 0.15) is 17.0 Å². The Morgan fingerprint density at radius 2 is 2.14 bits per heavy atom. The number of thiazole rings is 1. The first-order valence-electron chi connectivity index (χ1n) is 6.80. The first kappa shape index (κ1) is 13.9. The molecule has 0 unspecified atom stereocenters. The average molecular weight is 304 g/mol. The van der Waals surface area contributed by atoms with E-state index in [0.29, 0.717) is 16.6 Å². The van der Waals surface area contributed by atoms with E-state index in [2.05, 4.69) is 10.3 Å². The van der Waals surface area contributed by atoms with Gasteiger partial charge in [-0.3, -0.25) is 10.1 Å². The number of methoxy groups -OCH3 is 1. The van der Waals surface area contributed by atoms with Crippen molar-refractivity contribution in [3.8, 4) is 11.5 Å². The monoisotopic (exact) mass is 304 g/mol. The molecule has 0 radical (unpaired) electrons. The van der Waals surface area contributed by atoms with E-state index in [9.17, 15) is 4.79 Å². The first-order chi connectivity index (χ1) is 10.3. The van der Waals surface area contributed by atoms with Crippen LogP contribution < -0.4 is 14.8 Å². The van der Waals surface area contributed by atoms with E-state index in [1.165, 1.54) is 11.3 Å². The number of para-hydroxylation sites is 2. The summed E-state index contributed by atoms with van der Waals surface area (Å²) in [7, 11) is 1.57. The zero-order valence-corrected chi connectivity index (χ0v) is 12.5. The van der Waals surface area contributed by atoms with E-state index in [-0.39, 0.29) is 12.5 Å². The van der Waals surface area contributed by atoms with Crippen LogP contribution in [0.15, 0.2) is 24.3 Å². The molecule has 1 aliphatic rings. The molecule has 1 amide bonds. The Kier molecular flexibility index (Phi) is 4.06. The van der Waals surface area contributed by atoms with Crippen molar-refractivity contribution in [2.24, 2.45) is 0 Å². The van der Waals surface area contributed by atoms with Crippen LogP contribution in [-0.2, 0) is 17.6 Å². The number of nitrogens with zero attached hydrogens (tertiary/aromatic N) is 1. The number of carbonyl (C=O) groups excluding carboxylic acids is 1. The molecule has 0 spiro atoms. The fourth-order valence-electron chi connectivity index (χ4n) is 2.28. The van der Waals surface area contributed by atoms with Crippen molar-refractivity contribution in [3.05, 3.63) is 34.8 Å². The van der Waals surface area contributed by atoms with Gasteiger partial charge in [0.25, 0.3) is 5.91 Å². The molecule has 5 nitrogen and oxygen atoms in total. The molecule has 1 heterocycles. The first-order valence-corrected chi connectivity index (χ1v) is 7.62. The molecule has 110 valence electrons. The van der Waals surface area contributed by atoms with Crippen molar-refractivity contribution in [1.29, 1.82) is 0 Å². The van der Waals surface area contributed by atoms with E-state index in [4.69, 9.17) is 9.47 Å². The van der Waals surface area contributed by atoms with Crippen molar-refractivity contribution in [1.82, 2.24) is 4.98 Å². The van der Waals surface area contributed by atoms with Crippen molar-refractivity contribution >= 4 is 22.4 Å². The third-order valence-electron chi connectivity index (χ3n) is 3.27. The fourth-order valence-corrected chi connectivity index (χ4v) is 3.35. The van der Waals surface area contributed by atoms with Crippen LogP contribution in [0.3, 0.4) is 0 Å². The number of nitrogens with one attached hydrogen (secondary N) is 1. The number of benzene rings is 1. The average Bonchev–Trinajstić information content (AvgIpc) is 3.06. The summed E-state index contributed by atoms with van der Waals surface area (Å²) in [5.41, 5.74) is 1.13. The highest BCUT2D eigenvalue weighted by Gasteiger charge is 2.18. The normalized spacial score (nSPS) is 12.8. The largest absolute Gasteiger partial charge is 0.493 e. The Labute approximate surface area is 126 Å². The fraction of sp³-hybridized carbons (Fsp3) is 0.333. The number of anilines is 1.